The number of nitrogens with zero attached hydrogens (tertiary/aromatic N) is 2. The molecule has 21 heavy (non-hydrogen) atoms. The Bertz CT molecular complexity index is 528. The Labute approximate surface area is 125 Å². The summed E-state index contributed by atoms with van der Waals surface area (Å²) in [5.74, 6) is 0.216. The first-order valence-corrected chi connectivity index (χ1v) is 7.45. The van der Waals surface area contributed by atoms with Crippen LogP contribution in [0.5, 0.6) is 0 Å². The van der Waals surface area contributed by atoms with Crippen LogP contribution in [-0.4, -0.2) is 34.4 Å². The summed E-state index contributed by atoms with van der Waals surface area (Å²) in [7, 11) is 0. The molecule has 3 N–H and O–H groups in total. The number of carbonyl (C=O) groups is 1. The summed E-state index contributed by atoms with van der Waals surface area (Å²) in [6.07, 6.45) is 3.94. The molecule has 0 spiro atoms. The summed E-state index contributed by atoms with van der Waals surface area (Å²) in [6.45, 7) is 2.74. The van der Waals surface area contributed by atoms with E-state index in [1.165, 1.54) is 11.1 Å². The van der Waals surface area contributed by atoms with E-state index >= 15 is 0 Å². The van der Waals surface area contributed by atoms with E-state index in [2.05, 4.69) is 24.2 Å². The average molecular weight is 289 g/mol. The number of rotatable bonds is 4. The van der Waals surface area contributed by atoms with Gasteiger partial charge in [0.25, 0.3) is 0 Å². The molecule has 0 bridgehead atoms. The Balaban J connectivity index is 2.00. The molecular weight excluding hydrogens is 266 g/mol. The monoisotopic (exact) mass is 289 g/mol. The Morgan fingerprint density at radius 3 is 2.90 bits per heavy atom. The molecule has 1 aromatic rings. The van der Waals surface area contributed by atoms with Crippen molar-refractivity contribution in [2.75, 3.05) is 6.54 Å². The first-order chi connectivity index (χ1) is 10.1. The lowest BCUT2D eigenvalue weighted by Crippen LogP contribution is -2.50. The first-order valence-electron chi connectivity index (χ1n) is 7.45. The lowest BCUT2D eigenvalue weighted by molar-refractivity contribution is -0.133. The molecule has 1 heterocycles. The number of amides is 1. The molecule has 0 aliphatic carbocycles. The van der Waals surface area contributed by atoms with Crippen LogP contribution < -0.4 is 5.73 Å². The minimum Gasteiger partial charge on any atom is -0.409 e. The zero-order valence-electron chi connectivity index (χ0n) is 12.5. The van der Waals surface area contributed by atoms with Gasteiger partial charge in [0.05, 0.1) is 6.04 Å². The fraction of sp³-hybridized carbons (Fsp3) is 0.500. The van der Waals surface area contributed by atoms with Gasteiger partial charge in [-0.15, -0.1) is 0 Å². The van der Waals surface area contributed by atoms with Crippen molar-refractivity contribution in [3.63, 3.8) is 0 Å². The Hall–Kier alpha value is -2.04. The van der Waals surface area contributed by atoms with Crippen LogP contribution in [0.4, 0.5) is 0 Å². The SMILES string of the molecule is Cc1ccccc1CCC(=O)N1CCCCC1C(N)=NO. The molecule has 114 valence electrons. The van der Waals surface area contributed by atoms with Crippen molar-refractivity contribution in [3.8, 4) is 0 Å². The normalized spacial score (nSPS) is 19.6. The maximum atomic E-state index is 12.4. The number of likely N-dealkylation sites (tertiary alicyclic amines) is 1. The number of hydrogen-bond acceptors (Lipinski definition) is 3. The Morgan fingerprint density at radius 2 is 2.19 bits per heavy atom. The van der Waals surface area contributed by atoms with Crippen molar-refractivity contribution in [1.82, 2.24) is 4.90 Å². The van der Waals surface area contributed by atoms with Gasteiger partial charge in [-0.05, 0) is 43.7 Å². The van der Waals surface area contributed by atoms with Crippen LogP contribution in [0.2, 0.25) is 0 Å². The second-order valence-corrected chi connectivity index (χ2v) is 5.55. The summed E-state index contributed by atoms with van der Waals surface area (Å²) in [5.41, 5.74) is 8.12. The van der Waals surface area contributed by atoms with Crippen molar-refractivity contribution in [3.05, 3.63) is 35.4 Å². The maximum absolute atomic E-state index is 12.4. The molecule has 1 aliphatic heterocycles. The highest BCUT2D eigenvalue weighted by molar-refractivity contribution is 5.90. The number of nitrogens with two attached hydrogens (primary N) is 1. The van der Waals surface area contributed by atoms with E-state index < -0.39 is 0 Å². The summed E-state index contributed by atoms with van der Waals surface area (Å²) in [5, 5.41) is 11.9. The van der Waals surface area contributed by atoms with Gasteiger partial charge in [0.1, 0.15) is 0 Å². The number of carbonyl (C=O) groups excluding carboxylic acids is 1. The quantitative estimate of drug-likeness (QED) is 0.385. The van der Waals surface area contributed by atoms with E-state index in [9.17, 15) is 4.79 Å². The fourth-order valence-corrected chi connectivity index (χ4v) is 2.88. The summed E-state index contributed by atoms with van der Waals surface area (Å²) in [6, 6.07) is 7.85. The number of piperidine rings is 1. The molecule has 0 aromatic heterocycles. The highest BCUT2D eigenvalue weighted by Gasteiger charge is 2.29. The van der Waals surface area contributed by atoms with E-state index in [4.69, 9.17) is 10.9 Å². The smallest absolute Gasteiger partial charge is 0.223 e. The molecule has 1 saturated heterocycles. The van der Waals surface area contributed by atoms with Gasteiger partial charge in [-0.1, -0.05) is 29.4 Å². The molecule has 1 atom stereocenters. The topological polar surface area (TPSA) is 78.9 Å². The largest absolute Gasteiger partial charge is 0.409 e. The lowest BCUT2D eigenvalue weighted by atomic mass is 9.99. The fourth-order valence-electron chi connectivity index (χ4n) is 2.88. The Kier molecular flexibility index (Phi) is 5.20. The van der Waals surface area contributed by atoms with Crippen LogP contribution in [0.25, 0.3) is 0 Å². The molecule has 1 amide bonds. The third kappa shape index (κ3) is 3.74. The van der Waals surface area contributed by atoms with Gasteiger partial charge in [0.15, 0.2) is 5.84 Å². The first kappa shape index (κ1) is 15.4. The van der Waals surface area contributed by atoms with Crippen LogP contribution >= 0.6 is 0 Å². The van der Waals surface area contributed by atoms with Crippen molar-refractivity contribution in [2.45, 2.75) is 45.1 Å². The second-order valence-electron chi connectivity index (χ2n) is 5.55. The lowest BCUT2D eigenvalue weighted by Gasteiger charge is -2.35. The predicted molar refractivity (Wildman–Crippen MR) is 82.3 cm³/mol. The molecule has 1 unspecified atom stereocenters. The molecule has 5 nitrogen and oxygen atoms in total. The van der Waals surface area contributed by atoms with Gasteiger partial charge in [-0.25, -0.2) is 0 Å². The van der Waals surface area contributed by atoms with Gasteiger partial charge in [0, 0.05) is 13.0 Å². The van der Waals surface area contributed by atoms with Crippen molar-refractivity contribution < 1.29 is 10.0 Å². The minimum absolute atomic E-state index is 0.0783. The van der Waals surface area contributed by atoms with Crippen LogP contribution in [0, 0.1) is 6.92 Å². The Morgan fingerprint density at radius 1 is 1.43 bits per heavy atom. The third-order valence-corrected chi connectivity index (χ3v) is 4.15. The molecule has 0 radical (unpaired) electrons. The summed E-state index contributed by atoms with van der Waals surface area (Å²) < 4.78 is 0. The van der Waals surface area contributed by atoms with Crippen molar-refractivity contribution in [2.24, 2.45) is 10.9 Å². The van der Waals surface area contributed by atoms with E-state index in [0.29, 0.717) is 13.0 Å². The highest BCUT2D eigenvalue weighted by atomic mass is 16.4. The zero-order valence-corrected chi connectivity index (χ0v) is 12.5. The number of benzene rings is 1. The van der Waals surface area contributed by atoms with E-state index in [1.54, 1.807) is 4.90 Å². The number of amidine groups is 1. The van der Waals surface area contributed by atoms with Gasteiger partial charge in [-0.3, -0.25) is 4.79 Å². The van der Waals surface area contributed by atoms with Crippen molar-refractivity contribution in [1.29, 1.82) is 0 Å². The zero-order chi connectivity index (χ0) is 15.2. The summed E-state index contributed by atoms with van der Waals surface area (Å²) >= 11 is 0. The van der Waals surface area contributed by atoms with E-state index in [-0.39, 0.29) is 17.8 Å². The van der Waals surface area contributed by atoms with Crippen LogP contribution in [-0.2, 0) is 11.2 Å². The molecule has 5 heteroatoms. The molecular formula is C16H23N3O2. The highest BCUT2D eigenvalue weighted by Crippen LogP contribution is 2.19. The van der Waals surface area contributed by atoms with Crippen LogP contribution in [0.1, 0.15) is 36.8 Å². The maximum Gasteiger partial charge on any atom is 0.223 e. The minimum atomic E-state index is -0.256. The molecule has 0 saturated carbocycles. The van der Waals surface area contributed by atoms with Gasteiger partial charge in [-0.2, -0.15) is 0 Å². The van der Waals surface area contributed by atoms with E-state index in [1.807, 2.05) is 12.1 Å². The number of hydrogen-bond donors (Lipinski definition) is 2. The predicted octanol–water partition coefficient (Wildman–Crippen LogP) is 2.06. The van der Waals surface area contributed by atoms with E-state index in [0.717, 1.165) is 25.7 Å². The summed E-state index contributed by atoms with van der Waals surface area (Å²) in [4.78, 5) is 14.2. The molecule has 1 aliphatic rings. The molecule has 1 fully saturated rings. The van der Waals surface area contributed by atoms with Crippen LogP contribution in [0.3, 0.4) is 0 Å². The van der Waals surface area contributed by atoms with Gasteiger partial charge in [0.2, 0.25) is 5.91 Å². The standard InChI is InChI=1S/C16H23N3O2/c1-12-6-2-3-7-13(12)9-10-15(20)19-11-5-4-8-14(19)16(17)18-21/h2-3,6-7,14,21H,4-5,8-11H2,1H3,(H2,17,18). The molecule has 1 aromatic carbocycles. The second kappa shape index (κ2) is 7.11. The number of aryl methyl sites for hydroxylation is 2. The van der Waals surface area contributed by atoms with Gasteiger partial charge < -0.3 is 15.8 Å². The van der Waals surface area contributed by atoms with Crippen molar-refractivity contribution >= 4 is 11.7 Å². The van der Waals surface area contributed by atoms with Gasteiger partial charge >= 0.3 is 0 Å². The third-order valence-electron chi connectivity index (χ3n) is 4.15. The number of oxime groups is 1. The molecule has 2 rings (SSSR count). The average Bonchev–Trinajstić information content (AvgIpc) is 2.53. The van der Waals surface area contributed by atoms with Crippen LogP contribution in [0.15, 0.2) is 29.4 Å².